The molecule has 0 spiro atoms. The van der Waals surface area contributed by atoms with Crippen LogP contribution in [0.2, 0.25) is 0 Å². The maximum Gasteiger partial charge on any atom is 0.272 e. The minimum atomic E-state index is -0.770. The van der Waals surface area contributed by atoms with Gasteiger partial charge < -0.3 is 23.8 Å². The van der Waals surface area contributed by atoms with Crippen LogP contribution in [-0.2, 0) is 19.9 Å². The van der Waals surface area contributed by atoms with Crippen LogP contribution in [0.4, 0.5) is 4.39 Å². The van der Waals surface area contributed by atoms with E-state index in [9.17, 15) is 14.0 Å². The number of carbonyl (C=O) groups is 2. The van der Waals surface area contributed by atoms with Crippen molar-refractivity contribution in [1.82, 2.24) is 9.88 Å². The van der Waals surface area contributed by atoms with Crippen LogP contribution in [0.25, 0.3) is 0 Å². The lowest BCUT2D eigenvalue weighted by Crippen LogP contribution is -2.53. The quantitative estimate of drug-likeness (QED) is 0.626. The first kappa shape index (κ1) is 22.4. The second-order valence-electron chi connectivity index (χ2n) is 9.77. The molecule has 0 N–H and O–H groups in total. The van der Waals surface area contributed by atoms with Crippen molar-refractivity contribution in [2.24, 2.45) is 17.8 Å². The molecule has 4 atom stereocenters. The van der Waals surface area contributed by atoms with Gasteiger partial charge in [0.1, 0.15) is 35.8 Å². The molecule has 1 aromatic heterocycles. The third-order valence-corrected chi connectivity index (χ3v) is 7.95. The number of halogens is 1. The minimum absolute atomic E-state index is 0.0954. The number of aromatic nitrogens is 1. The highest BCUT2D eigenvalue weighted by Crippen LogP contribution is 2.56. The van der Waals surface area contributed by atoms with Crippen molar-refractivity contribution in [1.29, 1.82) is 0 Å². The van der Waals surface area contributed by atoms with Crippen LogP contribution in [0, 0.1) is 23.6 Å². The second kappa shape index (κ2) is 8.57. The summed E-state index contributed by atoms with van der Waals surface area (Å²) in [6.45, 7) is 1.33. The molecule has 2 unspecified atom stereocenters. The van der Waals surface area contributed by atoms with Gasteiger partial charge in [-0.2, -0.15) is 0 Å². The first-order chi connectivity index (χ1) is 17.0. The number of likely N-dealkylation sites (tertiary alicyclic amines) is 1. The lowest BCUT2D eigenvalue weighted by molar-refractivity contribution is -0.118. The summed E-state index contributed by atoms with van der Waals surface area (Å²) in [7, 11) is 1.49. The summed E-state index contributed by atoms with van der Waals surface area (Å²) in [4.78, 5) is 30.8. The van der Waals surface area contributed by atoms with Gasteiger partial charge in [0.15, 0.2) is 5.75 Å². The zero-order valence-electron chi connectivity index (χ0n) is 19.4. The molecule has 2 aromatic rings. The number of hydrogen-bond acceptors (Lipinski definition) is 7. The number of ketones is 1. The van der Waals surface area contributed by atoms with Crippen molar-refractivity contribution in [3.63, 3.8) is 0 Å². The number of pyridine rings is 1. The van der Waals surface area contributed by atoms with Crippen LogP contribution in [0.3, 0.4) is 0 Å². The molecule has 3 heterocycles. The van der Waals surface area contributed by atoms with Crippen molar-refractivity contribution in [2.45, 2.75) is 31.0 Å². The van der Waals surface area contributed by atoms with E-state index in [-0.39, 0.29) is 30.1 Å². The van der Waals surface area contributed by atoms with Crippen LogP contribution in [0.15, 0.2) is 36.4 Å². The Morgan fingerprint density at radius 2 is 2.09 bits per heavy atom. The first-order valence-corrected chi connectivity index (χ1v) is 12.0. The SMILES string of the molecule is COc1nc(C(=O)N2CC[C@]3(c4cccc(F)c4)OCO[C@@H]3C2)ccc1OCC1C2CC(=O)CC12. The second-order valence-corrected chi connectivity index (χ2v) is 9.77. The van der Waals surface area contributed by atoms with Gasteiger partial charge in [-0.15, -0.1) is 0 Å². The van der Waals surface area contributed by atoms with Crippen LogP contribution in [-0.4, -0.2) is 61.3 Å². The highest BCUT2D eigenvalue weighted by Gasteiger charge is 2.56. The number of carbonyl (C=O) groups excluding carboxylic acids is 2. The summed E-state index contributed by atoms with van der Waals surface area (Å²) in [5.41, 5.74) is 0.200. The average Bonchev–Trinajstić information content (AvgIpc) is 3.19. The van der Waals surface area contributed by atoms with E-state index in [1.165, 1.54) is 19.2 Å². The average molecular weight is 483 g/mol. The Kier molecular flexibility index (Phi) is 5.49. The van der Waals surface area contributed by atoms with Gasteiger partial charge in [0.05, 0.1) is 20.3 Å². The standard InChI is InChI=1S/C26H27FN2O6/c1-32-24-22(33-13-20-18-10-17(30)11-19(18)20)6-5-21(28-24)25(31)29-8-7-26(23(12-29)34-14-35-26)15-3-2-4-16(27)9-15/h2-6,9,18-20,23H,7-8,10-14H2,1H3/t18?,19?,20?,23-,26-/m1/s1. The number of rotatable bonds is 6. The van der Waals surface area contributed by atoms with Crippen LogP contribution in [0.5, 0.6) is 11.6 Å². The molecular weight excluding hydrogens is 455 g/mol. The molecule has 6 rings (SSSR count). The molecule has 2 saturated heterocycles. The fourth-order valence-corrected chi connectivity index (χ4v) is 5.96. The normalized spacial score (nSPS) is 31.1. The highest BCUT2D eigenvalue weighted by atomic mass is 19.1. The highest BCUT2D eigenvalue weighted by molar-refractivity contribution is 5.92. The van der Waals surface area contributed by atoms with Gasteiger partial charge in [0.25, 0.3) is 11.8 Å². The van der Waals surface area contributed by atoms with E-state index in [1.54, 1.807) is 23.1 Å². The summed E-state index contributed by atoms with van der Waals surface area (Å²) >= 11 is 0. The summed E-state index contributed by atoms with van der Waals surface area (Å²) in [6.07, 6.45) is 1.40. The molecular formula is C26H27FN2O6. The van der Waals surface area contributed by atoms with E-state index in [0.717, 1.165) is 5.56 Å². The van der Waals surface area contributed by atoms with E-state index in [0.29, 0.717) is 68.2 Å². The predicted molar refractivity (Wildman–Crippen MR) is 120 cm³/mol. The first-order valence-electron chi connectivity index (χ1n) is 12.0. The number of ether oxygens (including phenoxy) is 4. The molecule has 9 heteroatoms. The lowest BCUT2D eigenvalue weighted by Gasteiger charge is -2.41. The van der Waals surface area contributed by atoms with E-state index in [1.807, 2.05) is 6.07 Å². The number of piperidine rings is 1. The molecule has 2 aliphatic heterocycles. The van der Waals surface area contributed by atoms with Crippen LogP contribution in [0.1, 0.15) is 35.3 Å². The zero-order chi connectivity index (χ0) is 24.2. The number of Topliss-reactive ketones (excluding diaryl/α,β-unsaturated/α-hetero) is 1. The molecule has 35 heavy (non-hydrogen) atoms. The fourth-order valence-electron chi connectivity index (χ4n) is 5.96. The summed E-state index contributed by atoms with van der Waals surface area (Å²) in [6, 6.07) is 9.70. The molecule has 4 aliphatic rings. The van der Waals surface area contributed by atoms with Crippen LogP contribution >= 0.6 is 0 Å². The molecule has 0 radical (unpaired) electrons. The van der Waals surface area contributed by atoms with Gasteiger partial charge in [-0.25, -0.2) is 9.37 Å². The van der Waals surface area contributed by atoms with E-state index >= 15 is 0 Å². The lowest BCUT2D eigenvalue weighted by atomic mass is 9.82. The number of benzene rings is 1. The molecule has 2 aliphatic carbocycles. The molecule has 8 nitrogen and oxygen atoms in total. The summed E-state index contributed by atoms with van der Waals surface area (Å²) in [5.74, 6) is 1.80. The van der Waals surface area contributed by atoms with Crippen molar-refractivity contribution in [2.75, 3.05) is 33.6 Å². The van der Waals surface area contributed by atoms with E-state index < -0.39 is 11.7 Å². The van der Waals surface area contributed by atoms with Gasteiger partial charge in [0, 0.05) is 31.7 Å². The maximum atomic E-state index is 13.9. The minimum Gasteiger partial charge on any atom is -0.488 e. The Bertz CT molecular complexity index is 1160. The summed E-state index contributed by atoms with van der Waals surface area (Å²) in [5, 5.41) is 0. The number of fused-ring (bicyclic) bond motifs is 2. The molecule has 0 bridgehead atoms. The van der Waals surface area contributed by atoms with E-state index in [4.69, 9.17) is 18.9 Å². The van der Waals surface area contributed by atoms with Crippen molar-refractivity contribution >= 4 is 11.7 Å². The third kappa shape index (κ3) is 3.87. The summed E-state index contributed by atoms with van der Waals surface area (Å²) < 4.78 is 37.0. The van der Waals surface area contributed by atoms with Gasteiger partial charge in [-0.1, -0.05) is 12.1 Å². The third-order valence-electron chi connectivity index (χ3n) is 7.95. The molecule has 2 saturated carbocycles. The van der Waals surface area contributed by atoms with Crippen LogP contribution < -0.4 is 9.47 Å². The van der Waals surface area contributed by atoms with Crippen molar-refractivity contribution in [3.05, 3.63) is 53.5 Å². The monoisotopic (exact) mass is 482 g/mol. The van der Waals surface area contributed by atoms with Gasteiger partial charge in [-0.05, 0) is 41.7 Å². The molecule has 4 fully saturated rings. The largest absolute Gasteiger partial charge is 0.488 e. The molecule has 184 valence electrons. The predicted octanol–water partition coefficient (Wildman–Crippen LogP) is 2.95. The smallest absolute Gasteiger partial charge is 0.272 e. The number of nitrogens with zero attached hydrogens (tertiary/aromatic N) is 2. The molecule has 1 aromatic carbocycles. The Balaban J connectivity index is 1.13. The Morgan fingerprint density at radius 3 is 2.86 bits per heavy atom. The van der Waals surface area contributed by atoms with Crippen molar-refractivity contribution < 1.29 is 32.9 Å². The van der Waals surface area contributed by atoms with Crippen molar-refractivity contribution in [3.8, 4) is 11.6 Å². The Morgan fingerprint density at radius 1 is 1.26 bits per heavy atom. The number of amides is 1. The fraction of sp³-hybridized carbons (Fsp3) is 0.500. The van der Waals surface area contributed by atoms with E-state index in [2.05, 4.69) is 4.98 Å². The van der Waals surface area contributed by atoms with Gasteiger partial charge in [0.2, 0.25) is 0 Å². The molecule has 1 amide bonds. The topological polar surface area (TPSA) is 87.2 Å². The Hall–Kier alpha value is -3.04. The maximum absolute atomic E-state index is 13.9. The van der Waals surface area contributed by atoms with Gasteiger partial charge >= 0.3 is 0 Å². The number of methoxy groups -OCH3 is 1. The Labute approximate surface area is 202 Å². The number of hydrogen-bond donors (Lipinski definition) is 0. The van der Waals surface area contributed by atoms with Gasteiger partial charge in [-0.3, -0.25) is 9.59 Å². The zero-order valence-corrected chi connectivity index (χ0v) is 19.4.